The van der Waals surface area contributed by atoms with Gasteiger partial charge in [0.1, 0.15) is 5.82 Å². The van der Waals surface area contributed by atoms with Gasteiger partial charge in [-0.3, -0.25) is 9.69 Å². The average molecular weight is 340 g/mol. The first-order chi connectivity index (χ1) is 12.1. The van der Waals surface area contributed by atoms with Crippen molar-refractivity contribution in [3.8, 4) is 11.3 Å². The van der Waals surface area contributed by atoms with Gasteiger partial charge in [-0.25, -0.2) is 4.98 Å². The van der Waals surface area contributed by atoms with Gasteiger partial charge >= 0.3 is 0 Å². The lowest BCUT2D eigenvalue weighted by atomic mass is 9.99. The molecule has 5 nitrogen and oxygen atoms in total. The van der Waals surface area contributed by atoms with Crippen molar-refractivity contribution in [2.45, 2.75) is 44.7 Å². The molecule has 2 unspecified atom stereocenters. The van der Waals surface area contributed by atoms with Gasteiger partial charge in [0.2, 0.25) is 5.91 Å². The van der Waals surface area contributed by atoms with E-state index in [0.29, 0.717) is 0 Å². The Labute approximate surface area is 150 Å². The maximum atomic E-state index is 13.1. The van der Waals surface area contributed by atoms with Gasteiger partial charge in [-0.1, -0.05) is 37.3 Å². The molecule has 1 aliphatic heterocycles. The number of carbonyl (C=O) groups excluding carboxylic acids is 1. The van der Waals surface area contributed by atoms with E-state index in [1.165, 1.54) is 0 Å². The smallest absolute Gasteiger partial charge is 0.240 e. The molecule has 0 saturated carbocycles. The van der Waals surface area contributed by atoms with E-state index in [4.69, 9.17) is 0 Å². The number of imidazole rings is 1. The lowest BCUT2D eigenvalue weighted by molar-refractivity contribution is -0.140. The van der Waals surface area contributed by atoms with Crippen LogP contribution in [0.3, 0.4) is 0 Å². The molecule has 1 saturated heterocycles. The third-order valence-electron chi connectivity index (χ3n) is 5.08. The number of benzene rings is 1. The average Bonchev–Trinajstić information content (AvgIpc) is 3.12. The Morgan fingerprint density at radius 3 is 2.76 bits per heavy atom. The molecule has 2 atom stereocenters. The molecule has 25 heavy (non-hydrogen) atoms. The summed E-state index contributed by atoms with van der Waals surface area (Å²) in [4.78, 5) is 25.2. The first kappa shape index (κ1) is 17.7. The number of likely N-dealkylation sites (N-methyl/N-ethyl adjacent to an activating group) is 1. The van der Waals surface area contributed by atoms with Crippen LogP contribution in [0.4, 0.5) is 0 Å². The van der Waals surface area contributed by atoms with Crippen LogP contribution in [0.2, 0.25) is 0 Å². The van der Waals surface area contributed by atoms with Crippen molar-refractivity contribution in [1.29, 1.82) is 0 Å². The molecule has 2 heterocycles. The Morgan fingerprint density at radius 1 is 1.32 bits per heavy atom. The summed E-state index contributed by atoms with van der Waals surface area (Å²) in [6, 6.07) is 10.2. The summed E-state index contributed by atoms with van der Waals surface area (Å²) in [7, 11) is 3.96. The summed E-state index contributed by atoms with van der Waals surface area (Å²) in [6.07, 6.45) is 5.87. The van der Waals surface area contributed by atoms with Crippen LogP contribution in [0.15, 0.2) is 36.5 Å². The number of aromatic nitrogens is 2. The highest BCUT2D eigenvalue weighted by Crippen LogP contribution is 2.31. The second-order valence-corrected chi connectivity index (χ2v) is 6.98. The molecule has 1 aromatic heterocycles. The standard InChI is InChI=1S/C20H28N4O/c1-4-17(23(2)3)20(25)24-13-9-8-12-18(24)19-21-14-16(22-19)15-10-6-5-7-11-15/h5-7,10-11,14,17-18H,4,8-9,12-13H2,1-3H3,(H,21,22). The molecule has 0 bridgehead atoms. The van der Waals surface area contributed by atoms with Crippen molar-refractivity contribution in [2.24, 2.45) is 0 Å². The second-order valence-electron chi connectivity index (χ2n) is 6.98. The van der Waals surface area contributed by atoms with E-state index in [0.717, 1.165) is 49.3 Å². The predicted octanol–water partition coefficient (Wildman–Crippen LogP) is 3.47. The summed E-state index contributed by atoms with van der Waals surface area (Å²) < 4.78 is 0. The van der Waals surface area contributed by atoms with Gasteiger partial charge in [0.15, 0.2) is 0 Å². The van der Waals surface area contributed by atoms with Crippen molar-refractivity contribution in [2.75, 3.05) is 20.6 Å². The van der Waals surface area contributed by atoms with Crippen LogP contribution in [0.5, 0.6) is 0 Å². The van der Waals surface area contributed by atoms with E-state index in [-0.39, 0.29) is 18.0 Å². The number of rotatable bonds is 5. The van der Waals surface area contributed by atoms with Gasteiger partial charge in [0.05, 0.1) is 24.0 Å². The van der Waals surface area contributed by atoms with Crippen molar-refractivity contribution >= 4 is 5.91 Å². The van der Waals surface area contributed by atoms with E-state index in [9.17, 15) is 4.79 Å². The van der Waals surface area contributed by atoms with Gasteiger partial charge < -0.3 is 9.88 Å². The van der Waals surface area contributed by atoms with Crippen LogP contribution in [-0.4, -0.2) is 52.4 Å². The van der Waals surface area contributed by atoms with Crippen LogP contribution in [-0.2, 0) is 4.79 Å². The number of nitrogens with zero attached hydrogens (tertiary/aromatic N) is 3. The zero-order valence-electron chi connectivity index (χ0n) is 15.4. The molecule has 1 N–H and O–H groups in total. The van der Waals surface area contributed by atoms with Crippen molar-refractivity contribution in [3.63, 3.8) is 0 Å². The molecule has 2 aromatic rings. The number of hydrogen-bond donors (Lipinski definition) is 1. The van der Waals surface area contributed by atoms with Crippen LogP contribution in [0, 0.1) is 0 Å². The van der Waals surface area contributed by atoms with Crippen LogP contribution < -0.4 is 0 Å². The van der Waals surface area contributed by atoms with Crippen molar-refractivity contribution < 1.29 is 4.79 Å². The predicted molar refractivity (Wildman–Crippen MR) is 100 cm³/mol. The molecule has 0 spiro atoms. The number of aromatic amines is 1. The third-order valence-corrected chi connectivity index (χ3v) is 5.08. The fourth-order valence-electron chi connectivity index (χ4n) is 3.70. The largest absolute Gasteiger partial charge is 0.340 e. The minimum absolute atomic E-state index is 0.0488. The minimum Gasteiger partial charge on any atom is -0.340 e. The highest BCUT2D eigenvalue weighted by atomic mass is 16.2. The van der Waals surface area contributed by atoms with Crippen LogP contribution in [0.1, 0.15) is 44.5 Å². The molecular formula is C20H28N4O. The highest BCUT2D eigenvalue weighted by molar-refractivity contribution is 5.82. The van der Waals surface area contributed by atoms with Crippen molar-refractivity contribution in [1.82, 2.24) is 19.8 Å². The molecule has 134 valence electrons. The fraction of sp³-hybridized carbons (Fsp3) is 0.500. The fourth-order valence-corrected chi connectivity index (χ4v) is 3.70. The van der Waals surface area contributed by atoms with Gasteiger partial charge in [-0.05, 0) is 45.3 Å². The number of nitrogens with one attached hydrogen (secondary N) is 1. The molecule has 1 aromatic carbocycles. The maximum Gasteiger partial charge on any atom is 0.240 e. The van der Waals surface area contributed by atoms with Gasteiger partial charge in [0, 0.05) is 6.54 Å². The molecule has 0 radical (unpaired) electrons. The first-order valence-electron chi connectivity index (χ1n) is 9.19. The number of carbonyl (C=O) groups is 1. The first-order valence-corrected chi connectivity index (χ1v) is 9.19. The Balaban J connectivity index is 1.84. The number of likely N-dealkylation sites (tertiary alicyclic amines) is 1. The molecule has 3 rings (SSSR count). The van der Waals surface area contributed by atoms with E-state index < -0.39 is 0 Å². The van der Waals surface area contributed by atoms with Crippen LogP contribution in [0.25, 0.3) is 11.3 Å². The second kappa shape index (κ2) is 7.83. The summed E-state index contributed by atoms with van der Waals surface area (Å²) in [5.41, 5.74) is 2.13. The Hall–Kier alpha value is -2.14. The molecule has 0 aliphatic carbocycles. The summed E-state index contributed by atoms with van der Waals surface area (Å²) in [5, 5.41) is 0. The zero-order valence-corrected chi connectivity index (χ0v) is 15.4. The molecule has 1 aliphatic rings. The lowest BCUT2D eigenvalue weighted by Crippen LogP contribution is -2.48. The third kappa shape index (κ3) is 3.76. The number of hydrogen-bond acceptors (Lipinski definition) is 3. The zero-order chi connectivity index (χ0) is 17.8. The van der Waals surface area contributed by atoms with E-state index in [2.05, 4.69) is 29.0 Å². The highest BCUT2D eigenvalue weighted by Gasteiger charge is 2.34. The number of amides is 1. The van der Waals surface area contributed by atoms with Crippen LogP contribution >= 0.6 is 0 Å². The SMILES string of the molecule is CCC(C(=O)N1CCCCC1c1ncc(-c2ccccc2)[nH]1)N(C)C. The van der Waals surface area contributed by atoms with Gasteiger partial charge in [0.25, 0.3) is 0 Å². The minimum atomic E-state index is -0.0656. The Kier molecular flexibility index (Phi) is 5.53. The molecular weight excluding hydrogens is 312 g/mol. The molecule has 1 fully saturated rings. The number of H-pyrrole nitrogens is 1. The summed E-state index contributed by atoms with van der Waals surface area (Å²) >= 11 is 0. The van der Waals surface area contributed by atoms with E-state index in [1.54, 1.807) is 0 Å². The Morgan fingerprint density at radius 2 is 2.08 bits per heavy atom. The molecule has 1 amide bonds. The normalized spacial score (nSPS) is 19.2. The van der Waals surface area contributed by atoms with E-state index >= 15 is 0 Å². The van der Waals surface area contributed by atoms with E-state index in [1.807, 2.05) is 48.3 Å². The number of piperidine rings is 1. The maximum absolute atomic E-state index is 13.1. The van der Waals surface area contributed by atoms with Gasteiger partial charge in [-0.15, -0.1) is 0 Å². The monoisotopic (exact) mass is 340 g/mol. The lowest BCUT2D eigenvalue weighted by Gasteiger charge is -2.38. The summed E-state index contributed by atoms with van der Waals surface area (Å²) in [5.74, 6) is 1.12. The Bertz CT molecular complexity index is 695. The topological polar surface area (TPSA) is 52.2 Å². The van der Waals surface area contributed by atoms with Gasteiger partial charge in [-0.2, -0.15) is 0 Å². The summed E-state index contributed by atoms with van der Waals surface area (Å²) in [6.45, 7) is 2.89. The quantitative estimate of drug-likeness (QED) is 0.907. The molecule has 5 heteroatoms. The van der Waals surface area contributed by atoms with Crippen molar-refractivity contribution in [3.05, 3.63) is 42.4 Å².